The van der Waals surface area contributed by atoms with Crippen LogP contribution in [0.2, 0.25) is 0 Å². The van der Waals surface area contributed by atoms with Gasteiger partial charge in [0.15, 0.2) is 5.78 Å². The second-order valence-electron chi connectivity index (χ2n) is 6.28. The van der Waals surface area contributed by atoms with Crippen molar-refractivity contribution < 1.29 is 30.4 Å². The van der Waals surface area contributed by atoms with Crippen molar-refractivity contribution in [1.82, 2.24) is 0 Å². The quantitative estimate of drug-likeness (QED) is 0.700. The summed E-state index contributed by atoms with van der Waals surface area (Å²) in [4.78, 5) is 11.6. The second kappa shape index (κ2) is 7.12. The first-order valence-corrected chi connectivity index (χ1v) is 12.4. The van der Waals surface area contributed by atoms with Crippen LogP contribution >= 0.6 is 11.8 Å². The summed E-state index contributed by atoms with van der Waals surface area (Å²) in [6.07, 6.45) is 1.94. The van der Waals surface area contributed by atoms with Gasteiger partial charge in [0.2, 0.25) is 20.0 Å². The lowest BCUT2D eigenvalue weighted by molar-refractivity contribution is 0.0994. The molecular weight excluding hydrogens is 432 g/mol. The molecule has 0 unspecified atom stereocenters. The number of hydrogen-bond acceptors (Lipinski definition) is 6. The van der Waals surface area contributed by atoms with Crippen LogP contribution in [-0.4, -0.2) is 35.1 Å². The minimum Gasteiger partial charge on any atom is -0.294 e. The fourth-order valence-electron chi connectivity index (χ4n) is 2.98. The number of benzene rings is 2. The Morgan fingerprint density at radius 2 is 1.54 bits per heavy atom. The molecule has 0 aromatic heterocycles. The Bertz CT molecular complexity index is 1140. The molecule has 0 saturated heterocycles. The van der Waals surface area contributed by atoms with Crippen LogP contribution in [0.15, 0.2) is 40.1 Å². The Morgan fingerprint density at radius 3 is 2.07 bits per heavy atom. The molecule has 3 rings (SSSR count). The summed E-state index contributed by atoms with van der Waals surface area (Å²) in [6.45, 7) is 0. The summed E-state index contributed by atoms with van der Waals surface area (Å²) >= 11 is 0.523. The lowest BCUT2D eigenvalue weighted by Gasteiger charge is -2.23. The van der Waals surface area contributed by atoms with Gasteiger partial charge < -0.3 is 0 Å². The van der Waals surface area contributed by atoms with Crippen molar-refractivity contribution in [2.75, 3.05) is 16.2 Å². The Labute approximate surface area is 165 Å². The molecule has 0 saturated carbocycles. The third-order valence-electron chi connectivity index (χ3n) is 4.04. The molecule has 11 heteroatoms. The number of Topliss-reactive ketones (excluding diaryl/α,β-unsaturated/α-hetero) is 1. The smallest absolute Gasteiger partial charge is 0.245 e. The molecule has 28 heavy (non-hydrogen) atoms. The van der Waals surface area contributed by atoms with E-state index in [1.807, 2.05) is 0 Å². The van der Waals surface area contributed by atoms with Crippen LogP contribution < -0.4 is 3.71 Å². The van der Waals surface area contributed by atoms with E-state index < -0.39 is 36.6 Å². The van der Waals surface area contributed by atoms with Crippen molar-refractivity contribution >= 4 is 43.3 Å². The minimum absolute atomic E-state index is 0.0613. The fraction of sp³-hybridized carbons (Fsp3) is 0.235. The number of halogens is 2. The van der Waals surface area contributed by atoms with Gasteiger partial charge in [-0.25, -0.2) is 25.6 Å². The molecule has 1 aliphatic carbocycles. The SMILES string of the molecule is CS(=O)(=O)N(c1cc2c(cc1Sc1c(F)cccc1F)C(=O)CC2)S(C)(=O)=O. The maximum atomic E-state index is 14.1. The third kappa shape index (κ3) is 3.91. The number of sulfonamides is 2. The van der Waals surface area contributed by atoms with E-state index in [0.29, 0.717) is 36.3 Å². The van der Waals surface area contributed by atoms with Crippen molar-refractivity contribution in [3.63, 3.8) is 0 Å². The Balaban J connectivity index is 2.29. The number of aryl methyl sites for hydroxylation is 1. The lowest BCUT2D eigenvalue weighted by Crippen LogP contribution is -2.35. The molecule has 0 bridgehead atoms. The molecule has 0 aliphatic heterocycles. The first-order valence-electron chi connectivity index (χ1n) is 7.92. The summed E-state index contributed by atoms with van der Waals surface area (Å²) in [6, 6.07) is 5.79. The number of ketones is 1. The molecule has 0 amide bonds. The Kier molecular flexibility index (Phi) is 5.28. The summed E-state index contributed by atoms with van der Waals surface area (Å²) in [5.74, 6) is -2.00. The average molecular weight is 448 g/mol. The maximum absolute atomic E-state index is 14.1. The highest BCUT2D eigenvalue weighted by molar-refractivity contribution is 8.09. The number of anilines is 1. The van der Waals surface area contributed by atoms with E-state index in [-0.39, 0.29) is 32.1 Å². The number of carbonyl (C=O) groups excluding carboxylic acids is 1. The van der Waals surface area contributed by atoms with E-state index >= 15 is 0 Å². The zero-order valence-electron chi connectivity index (χ0n) is 14.8. The van der Waals surface area contributed by atoms with Gasteiger partial charge in [-0.3, -0.25) is 4.79 Å². The second-order valence-corrected chi connectivity index (χ2v) is 11.2. The van der Waals surface area contributed by atoms with Crippen molar-refractivity contribution in [1.29, 1.82) is 0 Å². The highest BCUT2D eigenvalue weighted by atomic mass is 32.3. The largest absolute Gasteiger partial charge is 0.294 e. The fourth-order valence-corrected chi connectivity index (χ4v) is 7.06. The van der Waals surface area contributed by atoms with Crippen LogP contribution in [0.5, 0.6) is 0 Å². The molecule has 1 aliphatic rings. The molecule has 0 radical (unpaired) electrons. The van der Waals surface area contributed by atoms with Gasteiger partial charge in [-0.15, -0.1) is 0 Å². The van der Waals surface area contributed by atoms with Crippen LogP contribution in [0.4, 0.5) is 14.5 Å². The summed E-state index contributed by atoms with van der Waals surface area (Å²) in [7, 11) is -8.56. The molecular formula is C17H15F2NO5S3. The first-order chi connectivity index (χ1) is 12.9. The van der Waals surface area contributed by atoms with Crippen LogP contribution in [0.1, 0.15) is 22.3 Å². The van der Waals surface area contributed by atoms with E-state index in [1.165, 1.54) is 18.2 Å². The topological polar surface area (TPSA) is 88.6 Å². The molecule has 0 atom stereocenters. The average Bonchev–Trinajstić information content (AvgIpc) is 2.89. The highest BCUT2D eigenvalue weighted by Crippen LogP contribution is 2.42. The van der Waals surface area contributed by atoms with Crippen LogP contribution in [-0.2, 0) is 26.5 Å². The van der Waals surface area contributed by atoms with Crippen molar-refractivity contribution in [3.8, 4) is 0 Å². The monoisotopic (exact) mass is 447 g/mol. The minimum atomic E-state index is -4.28. The van der Waals surface area contributed by atoms with Gasteiger partial charge in [0.25, 0.3) is 0 Å². The van der Waals surface area contributed by atoms with Gasteiger partial charge in [-0.2, -0.15) is 3.71 Å². The van der Waals surface area contributed by atoms with Crippen LogP contribution in [0.25, 0.3) is 0 Å². The maximum Gasteiger partial charge on any atom is 0.245 e. The third-order valence-corrected chi connectivity index (χ3v) is 8.40. The van der Waals surface area contributed by atoms with E-state index in [9.17, 15) is 30.4 Å². The zero-order chi connectivity index (χ0) is 20.9. The van der Waals surface area contributed by atoms with E-state index in [0.717, 1.165) is 12.1 Å². The van der Waals surface area contributed by atoms with Crippen LogP contribution in [0.3, 0.4) is 0 Å². The Hall–Kier alpha value is -1.98. The highest BCUT2D eigenvalue weighted by Gasteiger charge is 2.33. The first kappa shape index (κ1) is 20.7. The molecule has 150 valence electrons. The van der Waals surface area contributed by atoms with Gasteiger partial charge in [-0.1, -0.05) is 17.8 Å². The van der Waals surface area contributed by atoms with Gasteiger partial charge >= 0.3 is 0 Å². The van der Waals surface area contributed by atoms with Crippen molar-refractivity contribution in [2.45, 2.75) is 22.6 Å². The summed E-state index contributed by atoms with van der Waals surface area (Å²) < 4.78 is 77.2. The van der Waals surface area contributed by atoms with Gasteiger partial charge in [0.1, 0.15) is 11.6 Å². The van der Waals surface area contributed by atoms with Gasteiger partial charge in [0.05, 0.1) is 23.1 Å². The standard InChI is InChI=1S/C17H15F2NO5S3/c1-27(22,23)20(28(2,24)25)14-8-10-6-7-15(21)11(10)9-16(14)26-17-12(18)4-3-5-13(17)19/h3-5,8-9H,6-7H2,1-2H3. The predicted molar refractivity (Wildman–Crippen MR) is 102 cm³/mol. The molecule has 2 aromatic rings. The molecule has 0 N–H and O–H groups in total. The lowest BCUT2D eigenvalue weighted by atomic mass is 10.1. The van der Waals surface area contributed by atoms with Crippen molar-refractivity contribution in [2.24, 2.45) is 0 Å². The predicted octanol–water partition coefficient (Wildman–Crippen LogP) is 2.97. The van der Waals surface area contributed by atoms with Gasteiger partial charge in [-0.05, 0) is 36.2 Å². The molecule has 2 aromatic carbocycles. The summed E-state index contributed by atoms with van der Waals surface area (Å²) in [5.41, 5.74) is 0.492. The summed E-state index contributed by atoms with van der Waals surface area (Å²) in [5, 5.41) is 0. The molecule has 6 nitrogen and oxygen atoms in total. The van der Waals surface area contributed by atoms with Crippen LogP contribution in [0, 0.1) is 11.6 Å². The number of hydrogen-bond donors (Lipinski definition) is 0. The van der Waals surface area contributed by atoms with E-state index in [2.05, 4.69) is 0 Å². The number of fused-ring (bicyclic) bond motifs is 1. The van der Waals surface area contributed by atoms with Crippen molar-refractivity contribution in [3.05, 3.63) is 53.1 Å². The van der Waals surface area contributed by atoms with Gasteiger partial charge in [0, 0.05) is 16.9 Å². The number of carbonyl (C=O) groups is 1. The van der Waals surface area contributed by atoms with E-state index in [4.69, 9.17) is 0 Å². The molecule has 0 spiro atoms. The molecule has 0 fully saturated rings. The number of nitrogens with zero attached hydrogens (tertiary/aromatic N) is 1. The van der Waals surface area contributed by atoms with E-state index in [1.54, 1.807) is 0 Å². The zero-order valence-corrected chi connectivity index (χ0v) is 17.2. The normalized spacial score (nSPS) is 14.2. The number of rotatable bonds is 5. The molecule has 0 heterocycles. The Morgan fingerprint density at radius 1 is 0.964 bits per heavy atom.